The molecule has 0 bridgehead atoms. The van der Waals surface area contributed by atoms with Crippen LogP contribution in [0.5, 0.6) is 0 Å². The van der Waals surface area contributed by atoms with Crippen LogP contribution < -0.4 is 5.32 Å². The first-order valence-electron chi connectivity index (χ1n) is 6.88. The minimum atomic E-state index is -0.375. The van der Waals surface area contributed by atoms with Crippen molar-refractivity contribution >= 4 is 29.9 Å². The lowest BCUT2D eigenvalue weighted by atomic mass is 10.1. The fourth-order valence-corrected chi connectivity index (χ4v) is 1.82. The maximum absolute atomic E-state index is 12.0. The second-order valence-corrected chi connectivity index (χ2v) is 4.70. The van der Waals surface area contributed by atoms with Gasteiger partial charge in [0.2, 0.25) is 5.91 Å². The molecule has 0 aliphatic carbocycles. The number of hydrogen-bond acceptors (Lipinski definition) is 4. The lowest BCUT2D eigenvalue weighted by molar-refractivity contribution is -0.127. The summed E-state index contributed by atoms with van der Waals surface area (Å²) >= 11 is 0. The number of aldehydes is 1. The molecule has 2 amide bonds. The number of anilines is 1. The first-order chi connectivity index (χ1) is 11.1. The number of likely N-dealkylation sites (N-methyl/N-ethyl adjacent to an activating group) is 1. The molecule has 0 saturated heterocycles. The van der Waals surface area contributed by atoms with Crippen LogP contribution in [0.15, 0.2) is 42.7 Å². The average molecular weight is 312 g/mol. The van der Waals surface area contributed by atoms with Crippen LogP contribution in [-0.2, 0) is 9.59 Å². The Bertz CT molecular complexity index is 723. The molecule has 0 saturated carbocycles. The summed E-state index contributed by atoms with van der Waals surface area (Å²) in [6, 6.07) is 7.05. The second-order valence-electron chi connectivity index (χ2n) is 4.70. The fourth-order valence-electron chi connectivity index (χ4n) is 1.82. The van der Waals surface area contributed by atoms with Crippen LogP contribution in [-0.4, -0.2) is 46.6 Å². The molecule has 1 aromatic heterocycles. The van der Waals surface area contributed by atoms with E-state index in [1.165, 1.54) is 24.2 Å². The van der Waals surface area contributed by atoms with Gasteiger partial charge in [0, 0.05) is 31.2 Å². The number of carbonyl (C=O) groups is 3. The molecule has 0 fully saturated rings. The van der Waals surface area contributed by atoms with Crippen LogP contribution in [0.25, 0.3) is 6.08 Å². The first-order valence-corrected chi connectivity index (χ1v) is 6.88. The normalized spacial score (nSPS) is 10.5. The largest absolute Gasteiger partial charge is 0.341 e. The lowest BCUT2D eigenvalue weighted by Gasteiger charge is -2.11. The van der Waals surface area contributed by atoms with E-state index >= 15 is 0 Å². The highest BCUT2D eigenvalue weighted by Gasteiger charge is 2.10. The van der Waals surface area contributed by atoms with E-state index in [2.05, 4.69) is 15.3 Å². The summed E-state index contributed by atoms with van der Waals surface area (Å²) in [5, 5.41) is 2.73. The standard InChI is InChI=1S/C16H16N4O3/c1-20(10-11-21)14(22)7-6-12-4-2-3-5-13(12)19-16(23)15-17-8-9-18-15/h2-9,11H,10H2,1H3,(H,17,18)(H,19,23)/b7-6+. The lowest BCUT2D eigenvalue weighted by Crippen LogP contribution is -2.26. The Morgan fingerprint density at radius 1 is 1.35 bits per heavy atom. The van der Waals surface area contributed by atoms with E-state index in [9.17, 15) is 14.4 Å². The molecule has 0 atom stereocenters. The van der Waals surface area contributed by atoms with E-state index in [1.807, 2.05) is 0 Å². The molecule has 0 unspecified atom stereocenters. The number of aromatic amines is 1. The van der Waals surface area contributed by atoms with Gasteiger partial charge in [-0.3, -0.25) is 9.59 Å². The number of aromatic nitrogens is 2. The van der Waals surface area contributed by atoms with Crippen molar-refractivity contribution < 1.29 is 14.4 Å². The van der Waals surface area contributed by atoms with Crippen LogP contribution in [0.3, 0.4) is 0 Å². The number of para-hydroxylation sites is 1. The highest BCUT2D eigenvalue weighted by atomic mass is 16.2. The minimum Gasteiger partial charge on any atom is -0.341 e. The molecule has 1 heterocycles. The number of hydrogen-bond donors (Lipinski definition) is 2. The average Bonchev–Trinajstić information content (AvgIpc) is 3.08. The minimum absolute atomic E-state index is 0.0278. The predicted octanol–water partition coefficient (Wildman–Crippen LogP) is 1.33. The number of H-pyrrole nitrogens is 1. The van der Waals surface area contributed by atoms with Crippen molar-refractivity contribution in [3.63, 3.8) is 0 Å². The van der Waals surface area contributed by atoms with Gasteiger partial charge in [0.05, 0.1) is 6.54 Å². The third kappa shape index (κ3) is 4.37. The molecule has 0 radical (unpaired) electrons. The zero-order chi connectivity index (χ0) is 16.7. The summed E-state index contributed by atoms with van der Waals surface area (Å²) in [5.74, 6) is -0.477. The van der Waals surface area contributed by atoms with Crippen LogP contribution in [0.4, 0.5) is 5.69 Å². The molecule has 2 N–H and O–H groups in total. The highest BCUT2D eigenvalue weighted by Crippen LogP contribution is 2.17. The molecule has 0 aliphatic rings. The Labute approximate surface area is 133 Å². The Hall–Kier alpha value is -3.22. The summed E-state index contributed by atoms with van der Waals surface area (Å²) < 4.78 is 0. The van der Waals surface area contributed by atoms with E-state index in [1.54, 1.807) is 36.5 Å². The molecular weight excluding hydrogens is 296 g/mol. The number of imidazole rings is 1. The number of rotatable bonds is 6. The van der Waals surface area contributed by atoms with Crippen LogP contribution >= 0.6 is 0 Å². The maximum atomic E-state index is 12.0. The zero-order valence-corrected chi connectivity index (χ0v) is 12.5. The quantitative estimate of drug-likeness (QED) is 0.621. The van der Waals surface area contributed by atoms with Crippen molar-refractivity contribution in [2.75, 3.05) is 18.9 Å². The molecule has 0 aliphatic heterocycles. The second kappa shape index (κ2) is 7.69. The molecule has 23 heavy (non-hydrogen) atoms. The Morgan fingerprint density at radius 2 is 2.13 bits per heavy atom. The van der Waals surface area contributed by atoms with E-state index < -0.39 is 0 Å². The van der Waals surface area contributed by atoms with Crippen molar-refractivity contribution in [1.82, 2.24) is 14.9 Å². The van der Waals surface area contributed by atoms with Gasteiger partial charge in [-0.25, -0.2) is 4.98 Å². The molecule has 7 heteroatoms. The topological polar surface area (TPSA) is 95.2 Å². The Balaban J connectivity index is 2.13. The van der Waals surface area contributed by atoms with Gasteiger partial charge in [0.15, 0.2) is 5.82 Å². The van der Waals surface area contributed by atoms with Gasteiger partial charge < -0.3 is 20.0 Å². The van der Waals surface area contributed by atoms with Crippen LogP contribution in [0, 0.1) is 0 Å². The molecule has 2 rings (SSSR count). The summed E-state index contributed by atoms with van der Waals surface area (Å²) in [5.41, 5.74) is 1.22. The highest BCUT2D eigenvalue weighted by molar-refractivity contribution is 6.03. The van der Waals surface area contributed by atoms with Gasteiger partial charge >= 0.3 is 0 Å². The summed E-state index contributed by atoms with van der Waals surface area (Å²) in [4.78, 5) is 42.1. The molecule has 118 valence electrons. The van der Waals surface area contributed by atoms with Crippen molar-refractivity contribution in [3.8, 4) is 0 Å². The first kappa shape index (κ1) is 16.2. The van der Waals surface area contributed by atoms with E-state index in [0.29, 0.717) is 17.5 Å². The molecule has 0 spiro atoms. The van der Waals surface area contributed by atoms with Crippen LogP contribution in [0.1, 0.15) is 16.2 Å². The van der Waals surface area contributed by atoms with E-state index in [0.717, 1.165) is 0 Å². The van der Waals surface area contributed by atoms with Gasteiger partial charge in [-0.05, 0) is 17.7 Å². The summed E-state index contributed by atoms with van der Waals surface area (Å²) in [6.45, 7) is 0.0278. The molecule has 1 aromatic carbocycles. The summed E-state index contributed by atoms with van der Waals surface area (Å²) in [7, 11) is 1.53. The van der Waals surface area contributed by atoms with Gasteiger partial charge in [-0.1, -0.05) is 18.2 Å². The Kier molecular flexibility index (Phi) is 5.40. The molecular formula is C16H16N4O3. The number of carbonyl (C=O) groups excluding carboxylic acids is 3. The third-order valence-electron chi connectivity index (χ3n) is 3.05. The van der Waals surface area contributed by atoms with Gasteiger partial charge in [-0.2, -0.15) is 0 Å². The van der Waals surface area contributed by atoms with Crippen LogP contribution in [0.2, 0.25) is 0 Å². The van der Waals surface area contributed by atoms with Crippen molar-refractivity contribution in [1.29, 1.82) is 0 Å². The van der Waals surface area contributed by atoms with Crippen molar-refractivity contribution in [2.45, 2.75) is 0 Å². The smallest absolute Gasteiger partial charge is 0.291 e. The van der Waals surface area contributed by atoms with Gasteiger partial charge in [0.25, 0.3) is 5.91 Å². The third-order valence-corrected chi connectivity index (χ3v) is 3.05. The van der Waals surface area contributed by atoms with Crippen molar-refractivity contribution in [2.24, 2.45) is 0 Å². The Morgan fingerprint density at radius 3 is 2.83 bits per heavy atom. The number of amides is 2. The fraction of sp³-hybridized carbons (Fsp3) is 0.125. The van der Waals surface area contributed by atoms with E-state index in [-0.39, 0.29) is 24.2 Å². The monoisotopic (exact) mass is 312 g/mol. The number of nitrogens with one attached hydrogen (secondary N) is 2. The van der Waals surface area contributed by atoms with E-state index in [4.69, 9.17) is 0 Å². The molecule has 7 nitrogen and oxygen atoms in total. The predicted molar refractivity (Wildman–Crippen MR) is 85.7 cm³/mol. The number of benzene rings is 1. The van der Waals surface area contributed by atoms with Gasteiger partial charge in [-0.15, -0.1) is 0 Å². The summed E-state index contributed by atoms with van der Waals surface area (Å²) in [6.07, 6.45) is 6.64. The maximum Gasteiger partial charge on any atom is 0.291 e. The number of nitrogens with zero attached hydrogens (tertiary/aromatic N) is 2. The SMILES string of the molecule is CN(CC=O)C(=O)/C=C/c1ccccc1NC(=O)c1ncc[nH]1. The van der Waals surface area contributed by atoms with Crippen molar-refractivity contribution in [3.05, 3.63) is 54.1 Å². The zero-order valence-electron chi connectivity index (χ0n) is 12.5. The van der Waals surface area contributed by atoms with Gasteiger partial charge in [0.1, 0.15) is 6.29 Å². The molecule has 2 aromatic rings.